The maximum Gasteiger partial charge on any atom is 0.0594 e. The largest absolute Gasteiger partial charge is 0.393 e. The first kappa shape index (κ1) is 23.8. The first-order valence-corrected chi connectivity index (χ1v) is 13.7. The summed E-state index contributed by atoms with van der Waals surface area (Å²) >= 11 is 0. The molecule has 0 radical (unpaired) electrons. The van der Waals surface area contributed by atoms with Crippen LogP contribution in [0.15, 0.2) is 11.6 Å². The number of fused-ring (bicyclic) bond motifs is 5. The van der Waals surface area contributed by atoms with Gasteiger partial charge in [0.15, 0.2) is 0 Å². The molecular formula is C30H52O. The second kappa shape index (κ2) is 7.89. The molecular weight excluding hydrogens is 376 g/mol. The van der Waals surface area contributed by atoms with Crippen molar-refractivity contribution in [1.29, 1.82) is 0 Å². The van der Waals surface area contributed by atoms with Gasteiger partial charge >= 0.3 is 0 Å². The third-order valence-corrected chi connectivity index (χ3v) is 12.4. The molecule has 4 rings (SSSR count). The third kappa shape index (κ3) is 3.41. The van der Waals surface area contributed by atoms with Gasteiger partial charge < -0.3 is 5.11 Å². The Morgan fingerprint density at radius 2 is 1.55 bits per heavy atom. The van der Waals surface area contributed by atoms with Gasteiger partial charge in [0.1, 0.15) is 0 Å². The summed E-state index contributed by atoms with van der Waals surface area (Å²) in [5.74, 6) is 4.20. The number of aliphatic hydroxyl groups excluding tert-OH is 1. The lowest BCUT2D eigenvalue weighted by molar-refractivity contribution is -0.200. The highest BCUT2D eigenvalue weighted by molar-refractivity contribution is 5.16. The number of aliphatic hydroxyl groups is 1. The molecule has 4 aliphatic rings. The topological polar surface area (TPSA) is 20.2 Å². The van der Waals surface area contributed by atoms with Gasteiger partial charge in [-0.25, -0.2) is 0 Å². The van der Waals surface area contributed by atoms with E-state index in [1.807, 2.05) is 0 Å². The van der Waals surface area contributed by atoms with E-state index in [0.717, 1.165) is 30.1 Å². The molecule has 0 aliphatic heterocycles. The highest BCUT2D eigenvalue weighted by Crippen LogP contribution is 2.74. The van der Waals surface area contributed by atoms with Crippen molar-refractivity contribution in [2.75, 3.05) is 0 Å². The van der Waals surface area contributed by atoms with Gasteiger partial charge in [0.25, 0.3) is 0 Å². The number of hydrogen-bond acceptors (Lipinski definition) is 1. The van der Waals surface area contributed by atoms with Gasteiger partial charge in [-0.05, 0) is 129 Å². The van der Waals surface area contributed by atoms with Crippen molar-refractivity contribution in [2.45, 2.75) is 126 Å². The fourth-order valence-corrected chi connectivity index (χ4v) is 10.3. The summed E-state index contributed by atoms with van der Waals surface area (Å²) in [5.41, 5.74) is 3.02. The van der Waals surface area contributed by atoms with Gasteiger partial charge in [0, 0.05) is 0 Å². The van der Waals surface area contributed by atoms with E-state index in [1.165, 1.54) is 63.4 Å². The number of allylic oxidation sites excluding steroid dienone is 2. The van der Waals surface area contributed by atoms with Crippen molar-refractivity contribution in [3.8, 4) is 0 Å². The molecule has 1 N–H and O–H groups in total. The molecule has 0 spiro atoms. The molecule has 9 atom stereocenters. The Labute approximate surface area is 193 Å². The zero-order valence-corrected chi connectivity index (χ0v) is 22.1. The van der Waals surface area contributed by atoms with E-state index in [0.29, 0.717) is 22.2 Å². The molecule has 4 aliphatic carbocycles. The summed E-state index contributed by atoms with van der Waals surface area (Å²) in [6.45, 7) is 19.9. The maximum atomic E-state index is 10.8. The van der Waals surface area contributed by atoms with E-state index in [9.17, 15) is 5.11 Å². The molecule has 31 heavy (non-hydrogen) atoms. The van der Waals surface area contributed by atoms with Crippen LogP contribution in [0.1, 0.15) is 120 Å². The average molecular weight is 429 g/mol. The van der Waals surface area contributed by atoms with E-state index in [2.05, 4.69) is 61.5 Å². The Morgan fingerprint density at radius 3 is 2.23 bits per heavy atom. The lowest BCUT2D eigenvalue weighted by Gasteiger charge is -2.67. The summed E-state index contributed by atoms with van der Waals surface area (Å²) in [4.78, 5) is 0. The lowest BCUT2D eigenvalue weighted by Crippen LogP contribution is -2.61. The van der Waals surface area contributed by atoms with Crippen molar-refractivity contribution >= 4 is 0 Å². The molecule has 0 aromatic rings. The van der Waals surface area contributed by atoms with Crippen LogP contribution >= 0.6 is 0 Å². The van der Waals surface area contributed by atoms with E-state index in [-0.39, 0.29) is 11.5 Å². The Bertz CT molecular complexity index is 701. The molecule has 0 aromatic heterocycles. The fourth-order valence-electron chi connectivity index (χ4n) is 10.3. The second-order valence-corrected chi connectivity index (χ2v) is 14.1. The van der Waals surface area contributed by atoms with Crippen molar-refractivity contribution < 1.29 is 5.11 Å². The molecule has 178 valence electrons. The van der Waals surface area contributed by atoms with Crippen LogP contribution in [-0.4, -0.2) is 11.2 Å². The van der Waals surface area contributed by atoms with Crippen molar-refractivity contribution in [1.82, 2.24) is 0 Å². The molecule has 1 unspecified atom stereocenters. The van der Waals surface area contributed by atoms with Gasteiger partial charge in [-0.2, -0.15) is 0 Å². The maximum absolute atomic E-state index is 10.8. The molecule has 0 bridgehead atoms. The molecule has 0 amide bonds. The van der Waals surface area contributed by atoms with Crippen LogP contribution in [-0.2, 0) is 0 Å². The summed E-state index contributed by atoms with van der Waals surface area (Å²) in [6.07, 6.45) is 15.8. The van der Waals surface area contributed by atoms with Gasteiger partial charge in [0.2, 0.25) is 0 Å². The van der Waals surface area contributed by atoms with E-state index < -0.39 is 0 Å². The molecule has 0 aromatic carbocycles. The van der Waals surface area contributed by atoms with Crippen LogP contribution in [0.4, 0.5) is 0 Å². The minimum Gasteiger partial charge on any atom is -0.393 e. The zero-order valence-electron chi connectivity index (χ0n) is 22.1. The quantitative estimate of drug-likeness (QED) is 0.445. The predicted molar refractivity (Wildman–Crippen MR) is 133 cm³/mol. The first-order chi connectivity index (χ1) is 14.4. The molecule has 4 saturated carbocycles. The van der Waals surface area contributed by atoms with Crippen LogP contribution in [0, 0.1) is 51.2 Å². The normalized spacial score (nSPS) is 49.5. The van der Waals surface area contributed by atoms with Crippen LogP contribution < -0.4 is 0 Å². The van der Waals surface area contributed by atoms with Crippen LogP contribution in [0.2, 0.25) is 0 Å². The molecule has 4 fully saturated rings. The van der Waals surface area contributed by atoms with Crippen molar-refractivity contribution in [3.63, 3.8) is 0 Å². The van der Waals surface area contributed by atoms with Gasteiger partial charge in [-0.15, -0.1) is 0 Å². The molecule has 1 heteroatoms. The minimum absolute atomic E-state index is 0.0806. The standard InChI is InChI=1S/C30H52O/c1-20(2)10-9-11-21(3)22-14-18-30(8)24-12-13-25-27(4,5)26(31)16-17-28(25,6)23(24)15-19-29(22,30)7/h10,21-26,31H,9,11-19H2,1-8H3/t21-,22-,23-,24-,25?,26+,28-,29-,30+/m1/s1. The first-order valence-electron chi connectivity index (χ1n) is 13.7. The summed E-state index contributed by atoms with van der Waals surface area (Å²) in [7, 11) is 0. The Kier molecular flexibility index (Phi) is 6.07. The van der Waals surface area contributed by atoms with Crippen LogP contribution in [0.25, 0.3) is 0 Å². The highest BCUT2D eigenvalue weighted by atomic mass is 16.3. The highest BCUT2D eigenvalue weighted by Gasteiger charge is 2.67. The third-order valence-electron chi connectivity index (χ3n) is 12.4. The summed E-state index contributed by atoms with van der Waals surface area (Å²) < 4.78 is 0. The number of hydrogen-bond donors (Lipinski definition) is 1. The van der Waals surface area contributed by atoms with E-state index in [1.54, 1.807) is 0 Å². The monoisotopic (exact) mass is 428 g/mol. The Hall–Kier alpha value is -0.300. The predicted octanol–water partition coefficient (Wildman–Crippen LogP) is 8.41. The fraction of sp³-hybridized carbons (Fsp3) is 0.933. The van der Waals surface area contributed by atoms with Crippen LogP contribution in [0.3, 0.4) is 0 Å². The minimum atomic E-state index is -0.107. The van der Waals surface area contributed by atoms with Gasteiger partial charge in [0.05, 0.1) is 6.10 Å². The summed E-state index contributed by atoms with van der Waals surface area (Å²) in [6, 6.07) is 0. The molecule has 1 nitrogen and oxygen atoms in total. The van der Waals surface area contributed by atoms with E-state index >= 15 is 0 Å². The van der Waals surface area contributed by atoms with Crippen LogP contribution in [0.5, 0.6) is 0 Å². The van der Waals surface area contributed by atoms with Gasteiger partial charge in [-0.3, -0.25) is 0 Å². The van der Waals surface area contributed by atoms with E-state index in [4.69, 9.17) is 0 Å². The molecule has 0 heterocycles. The summed E-state index contributed by atoms with van der Waals surface area (Å²) in [5, 5.41) is 10.8. The SMILES string of the molecule is CC(C)=CCC[C@@H](C)[C@H]1CC[C@@]2(C)[C@@H]3CCC4C(C)(C)[C@@H](O)CC[C@]4(C)[C@@H]3CC[C@]12C. The number of rotatable bonds is 4. The lowest BCUT2D eigenvalue weighted by atomic mass is 9.38. The average Bonchev–Trinajstić information content (AvgIpc) is 2.96. The van der Waals surface area contributed by atoms with Gasteiger partial charge in [-0.1, -0.05) is 53.2 Å². The van der Waals surface area contributed by atoms with Crippen molar-refractivity contribution in [2.24, 2.45) is 51.2 Å². The van der Waals surface area contributed by atoms with Crippen molar-refractivity contribution in [3.05, 3.63) is 11.6 Å². The second-order valence-electron chi connectivity index (χ2n) is 14.1. The smallest absolute Gasteiger partial charge is 0.0594 e. The Morgan fingerprint density at radius 1 is 0.871 bits per heavy atom. The Balaban J connectivity index is 1.58. The zero-order chi connectivity index (χ0) is 22.8. The molecule has 0 saturated heterocycles.